The minimum Gasteiger partial charge on any atom is -0.399 e. The maximum Gasteiger partial charge on any atom is 0.249 e. The van der Waals surface area contributed by atoms with E-state index in [2.05, 4.69) is 5.32 Å². The van der Waals surface area contributed by atoms with E-state index in [1.807, 2.05) is 24.3 Å². The summed E-state index contributed by atoms with van der Waals surface area (Å²) in [5, 5.41) is 2.89. The zero-order valence-corrected chi connectivity index (χ0v) is 9.82. The summed E-state index contributed by atoms with van der Waals surface area (Å²) in [6.45, 7) is 1.35. The van der Waals surface area contributed by atoms with E-state index in [1.54, 1.807) is 0 Å². The second kappa shape index (κ2) is 5.68. The van der Waals surface area contributed by atoms with Crippen LogP contribution in [0.4, 0.5) is 5.69 Å². The molecule has 1 fully saturated rings. The molecule has 1 saturated heterocycles. The van der Waals surface area contributed by atoms with Gasteiger partial charge in [0, 0.05) is 18.8 Å². The van der Waals surface area contributed by atoms with Gasteiger partial charge in [-0.1, -0.05) is 12.1 Å². The third kappa shape index (κ3) is 3.46. The average Bonchev–Trinajstić information content (AvgIpc) is 2.85. The van der Waals surface area contributed by atoms with E-state index in [-0.39, 0.29) is 12.0 Å². The predicted octanol–water partition coefficient (Wildman–Crippen LogP) is 1.11. The normalized spacial score (nSPS) is 19.2. The van der Waals surface area contributed by atoms with Crippen molar-refractivity contribution >= 4 is 11.6 Å². The standard InChI is InChI=1S/C13H18N2O2/c14-11-5-3-10(4-6-11)7-8-15-13(16)12-2-1-9-17-12/h3-6,12H,1-2,7-9,14H2,(H,15,16)/t12-/m0/s1. The zero-order valence-electron chi connectivity index (χ0n) is 9.82. The van der Waals surface area contributed by atoms with Crippen LogP contribution in [0.5, 0.6) is 0 Å². The lowest BCUT2D eigenvalue weighted by molar-refractivity contribution is -0.129. The van der Waals surface area contributed by atoms with Crippen molar-refractivity contribution in [3.63, 3.8) is 0 Å². The molecule has 92 valence electrons. The molecule has 1 aliphatic heterocycles. The summed E-state index contributed by atoms with van der Waals surface area (Å²) in [5.41, 5.74) is 7.53. The van der Waals surface area contributed by atoms with Gasteiger partial charge in [-0.25, -0.2) is 0 Å². The van der Waals surface area contributed by atoms with Crippen molar-refractivity contribution in [3.8, 4) is 0 Å². The van der Waals surface area contributed by atoms with Gasteiger partial charge in [-0.15, -0.1) is 0 Å². The summed E-state index contributed by atoms with van der Waals surface area (Å²) in [6.07, 6.45) is 2.41. The molecular formula is C13H18N2O2. The summed E-state index contributed by atoms with van der Waals surface area (Å²) < 4.78 is 5.30. The number of nitrogens with one attached hydrogen (secondary N) is 1. The summed E-state index contributed by atoms with van der Waals surface area (Å²) >= 11 is 0. The first kappa shape index (κ1) is 11.9. The molecule has 1 heterocycles. The van der Waals surface area contributed by atoms with Gasteiger partial charge in [-0.2, -0.15) is 0 Å². The van der Waals surface area contributed by atoms with Crippen LogP contribution in [0.3, 0.4) is 0 Å². The average molecular weight is 234 g/mol. The number of hydrogen-bond acceptors (Lipinski definition) is 3. The number of rotatable bonds is 4. The fraction of sp³-hybridized carbons (Fsp3) is 0.462. The van der Waals surface area contributed by atoms with Gasteiger partial charge in [-0.3, -0.25) is 4.79 Å². The minimum absolute atomic E-state index is 0.0120. The lowest BCUT2D eigenvalue weighted by Crippen LogP contribution is -2.35. The number of anilines is 1. The molecular weight excluding hydrogens is 216 g/mol. The fourth-order valence-electron chi connectivity index (χ4n) is 1.91. The molecule has 0 spiro atoms. The first-order chi connectivity index (χ1) is 8.25. The molecule has 0 aromatic heterocycles. The van der Waals surface area contributed by atoms with Gasteiger partial charge in [0.15, 0.2) is 0 Å². The van der Waals surface area contributed by atoms with Crippen molar-refractivity contribution in [3.05, 3.63) is 29.8 Å². The van der Waals surface area contributed by atoms with E-state index in [0.29, 0.717) is 13.2 Å². The summed E-state index contributed by atoms with van der Waals surface area (Å²) in [5.74, 6) is 0.0120. The first-order valence-corrected chi connectivity index (χ1v) is 5.99. The molecule has 0 unspecified atom stereocenters. The summed E-state index contributed by atoms with van der Waals surface area (Å²) in [4.78, 5) is 11.6. The molecule has 0 radical (unpaired) electrons. The highest BCUT2D eigenvalue weighted by molar-refractivity contribution is 5.80. The Labute approximate surface area is 101 Å². The highest BCUT2D eigenvalue weighted by Crippen LogP contribution is 2.11. The van der Waals surface area contributed by atoms with Crippen molar-refractivity contribution < 1.29 is 9.53 Å². The van der Waals surface area contributed by atoms with Crippen LogP contribution in [0, 0.1) is 0 Å². The topological polar surface area (TPSA) is 64.3 Å². The quantitative estimate of drug-likeness (QED) is 0.767. The highest BCUT2D eigenvalue weighted by Gasteiger charge is 2.22. The lowest BCUT2D eigenvalue weighted by Gasteiger charge is -2.10. The van der Waals surface area contributed by atoms with Crippen molar-refractivity contribution in [2.75, 3.05) is 18.9 Å². The van der Waals surface area contributed by atoms with Crippen molar-refractivity contribution in [2.45, 2.75) is 25.4 Å². The number of ether oxygens (including phenoxy) is 1. The van der Waals surface area contributed by atoms with Gasteiger partial charge < -0.3 is 15.8 Å². The van der Waals surface area contributed by atoms with E-state index in [1.165, 1.54) is 5.56 Å². The molecule has 1 aliphatic rings. The monoisotopic (exact) mass is 234 g/mol. The minimum atomic E-state index is -0.235. The Bertz CT molecular complexity index is 370. The largest absolute Gasteiger partial charge is 0.399 e. The van der Waals surface area contributed by atoms with Gasteiger partial charge in [0.25, 0.3) is 0 Å². The van der Waals surface area contributed by atoms with Crippen molar-refractivity contribution in [1.82, 2.24) is 5.32 Å². The molecule has 1 aromatic rings. The number of benzene rings is 1. The van der Waals surface area contributed by atoms with Crippen LogP contribution in [0.25, 0.3) is 0 Å². The zero-order chi connectivity index (χ0) is 12.1. The van der Waals surface area contributed by atoms with Crippen molar-refractivity contribution in [1.29, 1.82) is 0 Å². The Morgan fingerprint density at radius 1 is 1.41 bits per heavy atom. The van der Waals surface area contributed by atoms with Crippen LogP contribution in [-0.2, 0) is 16.0 Å². The molecule has 1 atom stereocenters. The van der Waals surface area contributed by atoms with Gasteiger partial charge in [0.1, 0.15) is 6.10 Å². The van der Waals surface area contributed by atoms with Gasteiger partial charge in [-0.05, 0) is 37.0 Å². The number of nitrogen functional groups attached to an aromatic ring is 1. The fourth-order valence-corrected chi connectivity index (χ4v) is 1.91. The van der Waals surface area contributed by atoms with Crippen LogP contribution in [0.1, 0.15) is 18.4 Å². The summed E-state index contributed by atoms with van der Waals surface area (Å²) in [7, 11) is 0. The predicted molar refractivity (Wildman–Crippen MR) is 66.5 cm³/mol. The van der Waals surface area contributed by atoms with Crippen LogP contribution in [-0.4, -0.2) is 25.2 Å². The van der Waals surface area contributed by atoms with Crippen LogP contribution >= 0.6 is 0 Å². The van der Waals surface area contributed by atoms with Gasteiger partial charge >= 0.3 is 0 Å². The van der Waals surface area contributed by atoms with E-state index in [9.17, 15) is 4.79 Å². The van der Waals surface area contributed by atoms with E-state index >= 15 is 0 Å². The lowest BCUT2D eigenvalue weighted by atomic mass is 10.1. The molecule has 0 bridgehead atoms. The smallest absolute Gasteiger partial charge is 0.249 e. The molecule has 0 saturated carbocycles. The van der Waals surface area contributed by atoms with E-state index < -0.39 is 0 Å². The van der Waals surface area contributed by atoms with E-state index in [4.69, 9.17) is 10.5 Å². The Morgan fingerprint density at radius 2 is 2.18 bits per heavy atom. The van der Waals surface area contributed by atoms with Crippen LogP contribution in [0.2, 0.25) is 0 Å². The second-order valence-electron chi connectivity index (χ2n) is 4.28. The molecule has 1 amide bonds. The Hall–Kier alpha value is -1.55. The van der Waals surface area contributed by atoms with Gasteiger partial charge in [0.2, 0.25) is 5.91 Å². The maximum atomic E-state index is 11.6. The Kier molecular flexibility index (Phi) is 3.98. The number of hydrogen-bond donors (Lipinski definition) is 2. The number of carbonyl (C=O) groups is 1. The molecule has 2 rings (SSSR count). The molecule has 17 heavy (non-hydrogen) atoms. The van der Waals surface area contributed by atoms with E-state index in [0.717, 1.165) is 24.9 Å². The second-order valence-corrected chi connectivity index (χ2v) is 4.28. The highest BCUT2D eigenvalue weighted by atomic mass is 16.5. The third-order valence-electron chi connectivity index (χ3n) is 2.91. The number of nitrogens with two attached hydrogens (primary N) is 1. The Morgan fingerprint density at radius 3 is 2.82 bits per heavy atom. The summed E-state index contributed by atoms with van der Waals surface area (Å²) in [6, 6.07) is 7.70. The number of amides is 1. The van der Waals surface area contributed by atoms with Crippen LogP contribution in [0.15, 0.2) is 24.3 Å². The SMILES string of the molecule is Nc1ccc(CCNC(=O)[C@@H]2CCCO2)cc1. The Balaban J connectivity index is 1.72. The molecule has 4 nitrogen and oxygen atoms in total. The van der Waals surface area contributed by atoms with Crippen LogP contribution < -0.4 is 11.1 Å². The number of carbonyl (C=O) groups excluding carboxylic acids is 1. The maximum absolute atomic E-state index is 11.6. The molecule has 0 aliphatic carbocycles. The van der Waals surface area contributed by atoms with Crippen molar-refractivity contribution in [2.24, 2.45) is 0 Å². The third-order valence-corrected chi connectivity index (χ3v) is 2.91. The first-order valence-electron chi connectivity index (χ1n) is 5.99. The molecule has 3 N–H and O–H groups in total. The van der Waals surface area contributed by atoms with Gasteiger partial charge in [0.05, 0.1) is 0 Å². The molecule has 1 aromatic carbocycles. The molecule has 4 heteroatoms.